The predicted molar refractivity (Wildman–Crippen MR) is 73.0 cm³/mol. The van der Waals surface area contributed by atoms with Crippen LogP contribution in [0.15, 0.2) is 48.5 Å². The van der Waals surface area contributed by atoms with Crippen LogP contribution in [0.4, 0.5) is 4.39 Å². The van der Waals surface area contributed by atoms with Gasteiger partial charge in [-0.15, -0.1) is 5.10 Å². The first-order valence-corrected chi connectivity index (χ1v) is 6.12. The summed E-state index contributed by atoms with van der Waals surface area (Å²) in [5, 5.41) is 18.8. The van der Waals surface area contributed by atoms with Gasteiger partial charge in [-0.2, -0.15) is 5.26 Å². The molecule has 6 heteroatoms. The van der Waals surface area contributed by atoms with Crippen molar-refractivity contribution in [2.24, 2.45) is 0 Å². The molecule has 1 aromatic heterocycles. The summed E-state index contributed by atoms with van der Waals surface area (Å²) < 4.78 is 19.4. The minimum atomic E-state index is -0.496. The maximum Gasteiger partial charge on any atom is 0.165 e. The zero-order valence-electron chi connectivity index (χ0n) is 10.7. The molecule has 0 amide bonds. The third-order valence-electron chi connectivity index (χ3n) is 2.84. The lowest BCUT2D eigenvalue weighted by Gasteiger charge is -2.08. The number of hydrogen-bond donors (Lipinski definition) is 1. The maximum atomic E-state index is 13.8. The van der Waals surface area contributed by atoms with Gasteiger partial charge in [0.15, 0.2) is 17.3 Å². The van der Waals surface area contributed by atoms with Gasteiger partial charge in [-0.05, 0) is 30.3 Å². The Kier molecular flexibility index (Phi) is 3.31. The van der Waals surface area contributed by atoms with E-state index in [4.69, 9.17) is 10.00 Å². The summed E-state index contributed by atoms with van der Waals surface area (Å²) in [6.07, 6.45) is 0. The number of benzene rings is 2. The normalized spacial score (nSPS) is 10.1. The van der Waals surface area contributed by atoms with Crippen molar-refractivity contribution in [3.8, 4) is 28.8 Å². The Morgan fingerprint density at radius 1 is 1.14 bits per heavy atom. The van der Waals surface area contributed by atoms with Gasteiger partial charge in [0.1, 0.15) is 17.5 Å². The van der Waals surface area contributed by atoms with E-state index in [1.807, 2.05) is 12.1 Å². The van der Waals surface area contributed by atoms with Gasteiger partial charge in [0.2, 0.25) is 0 Å². The maximum absolute atomic E-state index is 13.8. The Morgan fingerprint density at radius 3 is 2.71 bits per heavy atom. The number of aromatic amines is 1. The van der Waals surface area contributed by atoms with Crippen molar-refractivity contribution in [2.45, 2.75) is 0 Å². The minimum Gasteiger partial charge on any atom is -0.454 e. The molecule has 0 spiro atoms. The van der Waals surface area contributed by atoms with Gasteiger partial charge in [0, 0.05) is 5.56 Å². The largest absolute Gasteiger partial charge is 0.454 e. The lowest BCUT2D eigenvalue weighted by atomic mass is 10.1. The SMILES string of the molecule is N#Cc1[nH]nnc1-c1ccc(F)c(Oc2ccccc2)c1. The highest BCUT2D eigenvalue weighted by Gasteiger charge is 2.13. The van der Waals surface area contributed by atoms with Crippen molar-refractivity contribution in [1.82, 2.24) is 15.4 Å². The van der Waals surface area contributed by atoms with Crippen LogP contribution in [0.5, 0.6) is 11.5 Å². The van der Waals surface area contributed by atoms with Crippen LogP contribution >= 0.6 is 0 Å². The number of hydrogen-bond acceptors (Lipinski definition) is 4. The first-order valence-electron chi connectivity index (χ1n) is 6.12. The number of ether oxygens (including phenoxy) is 1. The van der Waals surface area contributed by atoms with Crippen LogP contribution in [-0.2, 0) is 0 Å². The summed E-state index contributed by atoms with van der Waals surface area (Å²) in [6, 6.07) is 15.1. The molecule has 0 atom stereocenters. The number of aromatic nitrogens is 3. The molecule has 21 heavy (non-hydrogen) atoms. The molecule has 0 aliphatic carbocycles. The molecule has 5 nitrogen and oxygen atoms in total. The Hall–Kier alpha value is -3.20. The quantitative estimate of drug-likeness (QED) is 0.799. The first-order chi connectivity index (χ1) is 10.3. The fraction of sp³-hybridized carbons (Fsp3) is 0. The van der Waals surface area contributed by atoms with Gasteiger partial charge < -0.3 is 4.74 Å². The summed E-state index contributed by atoms with van der Waals surface area (Å²) in [6.45, 7) is 0. The molecule has 0 saturated carbocycles. The van der Waals surface area contributed by atoms with E-state index < -0.39 is 5.82 Å². The summed E-state index contributed by atoms with van der Waals surface area (Å²) in [7, 11) is 0. The van der Waals surface area contributed by atoms with Crippen molar-refractivity contribution in [3.63, 3.8) is 0 Å². The Balaban J connectivity index is 1.99. The third kappa shape index (κ3) is 2.58. The molecule has 0 aliphatic heterocycles. The van der Waals surface area contributed by atoms with E-state index in [1.165, 1.54) is 18.2 Å². The molecule has 0 aliphatic rings. The van der Waals surface area contributed by atoms with Gasteiger partial charge in [0.05, 0.1) is 0 Å². The number of nitrogens with one attached hydrogen (secondary N) is 1. The van der Waals surface area contributed by atoms with Crippen LogP contribution < -0.4 is 4.74 Å². The zero-order valence-corrected chi connectivity index (χ0v) is 10.7. The highest BCUT2D eigenvalue weighted by molar-refractivity contribution is 5.65. The predicted octanol–water partition coefficient (Wildman–Crippen LogP) is 3.27. The lowest BCUT2D eigenvalue weighted by molar-refractivity contribution is 0.442. The smallest absolute Gasteiger partial charge is 0.165 e. The number of rotatable bonds is 3. The van der Waals surface area contributed by atoms with Crippen LogP contribution in [0.3, 0.4) is 0 Å². The van der Waals surface area contributed by atoms with E-state index in [2.05, 4.69) is 15.4 Å². The number of H-pyrrole nitrogens is 1. The number of nitrogens with zero attached hydrogens (tertiary/aromatic N) is 3. The molecular weight excluding hydrogens is 271 g/mol. The van der Waals surface area contributed by atoms with Gasteiger partial charge >= 0.3 is 0 Å². The van der Waals surface area contributed by atoms with Crippen molar-refractivity contribution >= 4 is 0 Å². The monoisotopic (exact) mass is 280 g/mol. The van der Waals surface area contributed by atoms with Crippen molar-refractivity contribution in [3.05, 3.63) is 60.0 Å². The molecule has 3 aromatic rings. The number of para-hydroxylation sites is 1. The average molecular weight is 280 g/mol. The fourth-order valence-corrected chi connectivity index (χ4v) is 1.85. The molecule has 2 aromatic carbocycles. The first kappa shape index (κ1) is 12.8. The second-order valence-electron chi connectivity index (χ2n) is 4.21. The Labute approximate surface area is 119 Å². The summed E-state index contributed by atoms with van der Waals surface area (Å²) in [4.78, 5) is 0. The second-order valence-corrected chi connectivity index (χ2v) is 4.21. The van der Waals surface area contributed by atoms with E-state index in [0.29, 0.717) is 17.0 Å². The molecule has 3 rings (SSSR count). The highest BCUT2D eigenvalue weighted by atomic mass is 19.1. The Bertz CT molecular complexity index is 808. The summed E-state index contributed by atoms with van der Waals surface area (Å²) in [5.41, 5.74) is 1.12. The molecule has 0 saturated heterocycles. The minimum absolute atomic E-state index is 0.0607. The van der Waals surface area contributed by atoms with E-state index in [9.17, 15) is 4.39 Å². The molecule has 0 radical (unpaired) electrons. The van der Waals surface area contributed by atoms with Crippen LogP contribution in [-0.4, -0.2) is 15.4 Å². The summed E-state index contributed by atoms with van der Waals surface area (Å²) in [5.74, 6) is 0.0874. The summed E-state index contributed by atoms with van der Waals surface area (Å²) >= 11 is 0. The van der Waals surface area contributed by atoms with Crippen LogP contribution in [0, 0.1) is 17.1 Å². The Morgan fingerprint density at radius 2 is 1.95 bits per heavy atom. The topological polar surface area (TPSA) is 74.6 Å². The molecule has 102 valence electrons. The highest BCUT2D eigenvalue weighted by Crippen LogP contribution is 2.29. The van der Waals surface area contributed by atoms with Crippen molar-refractivity contribution in [1.29, 1.82) is 5.26 Å². The fourth-order valence-electron chi connectivity index (χ4n) is 1.85. The van der Waals surface area contributed by atoms with Crippen molar-refractivity contribution in [2.75, 3.05) is 0 Å². The second kappa shape index (κ2) is 5.43. The van der Waals surface area contributed by atoms with Gasteiger partial charge in [-0.3, -0.25) is 0 Å². The average Bonchev–Trinajstić information content (AvgIpc) is 2.99. The molecule has 0 bridgehead atoms. The number of halogens is 1. The van der Waals surface area contributed by atoms with Gasteiger partial charge in [0.25, 0.3) is 0 Å². The van der Waals surface area contributed by atoms with Crippen LogP contribution in [0.25, 0.3) is 11.3 Å². The van der Waals surface area contributed by atoms with Gasteiger partial charge in [-0.1, -0.05) is 23.4 Å². The van der Waals surface area contributed by atoms with E-state index in [0.717, 1.165) is 0 Å². The van der Waals surface area contributed by atoms with E-state index in [-0.39, 0.29) is 11.4 Å². The third-order valence-corrected chi connectivity index (χ3v) is 2.84. The molecule has 1 N–H and O–H groups in total. The van der Waals surface area contributed by atoms with Crippen LogP contribution in [0.1, 0.15) is 5.69 Å². The van der Waals surface area contributed by atoms with Crippen LogP contribution in [0.2, 0.25) is 0 Å². The van der Waals surface area contributed by atoms with E-state index >= 15 is 0 Å². The molecular formula is C15H9FN4O. The van der Waals surface area contributed by atoms with Gasteiger partial charge in [-0.25, -0.2) is 9.49 Å². The molecule has 0 unspecified atom stereocenters. The van der Waals surface area contributed by atoms with E-state index in [1.54, 1.807) is 24.3 Å². The van der Waals surface area contributed by atoms with Crippen molar-refractivity contribution < 1.29 is 9.13 Å². The molecule has 1 heterocycles. The zero-order chi connectivity index (χ0) is 14.7. The standard InChI is InChI=1S/C15H9FN4O/c16-12-7-6-10(15-13(9-17)18-20-19-15)8-14(12)21-11-4-2-1-3-5-11/h1-8H,(H,18,19,20). The number of nitriles is 1. The lowest BCUT2D eigenvalue weighted by Crippen LogP contribution is -1.90. The molecule has 0 fully saturated rings.